The fraction of sp³-hybridized carbons (Fsp3) is 0.517. The Balaban J connectivity index is 1.22. The summed E-state index contributed by atoms with van der Waals surface area (Å²) in [7, 11) is 0. The van der Waals surface area contributed by atoms with Crippen molar-refractivity contribution in [1.82, 2.24) is 30.0 Å². The summed E-state index contributed by atoms with van der Waals surface area (Å²) in [5.74, 6) is 1.92. The molecule has 4 heterocycles. The number of aromatic nitrogens is 5. The largest absolute Gasteiger partial charge is 0.434 e. The molecular formula is C29H34FN7O2. The average Bonchev–Trinajstić information content (AvgIpc) is 3.67. The normalized spacial score (nSPS) is 19.3. The number of ether oxygens (including phenoxy) is 1. The number of rotatable bonds is 10. The molecule has 3 fully saturated rings. The Bertz CT molecular complexity index is 1340. The number of carbonyl (C=O) groups is 1. The number of hydrogen-bond donors (Lipinski definition) is 0. The van der Waals surface area contributed by atoms with Crippen molar-refractivity contribution in [2.45, 2.75) is 57.9 Å². The lowest BCUT2D eigenvalue weighted by atomic mass is 9.76. The highest BCUT2D eigenvalue weighted by Gasteiger charge is 2.50. The smallest absolute Gasteiger partial charge is 0.282 e. The van der Waals surface area contributed by atoms with Crippen LogP contribution in [-0.4, -0.2) is 68.6 Å². The van der Waals surface area contributed by atoms with Crippen LogP contribution in [0, 0.1) is 17.2 Å². The van der Waals surface area contributed by atoms with Gasteiger partial charge in [0, 0.05) is 67.3 Å². The van der Waals surface area contributed by atoms with Crippen molar-refractivity contribution in [1.29, 1.82) is 0 Å². The maximum Gasteiger partial charge on any atom is 0.282 e. The Kier molecular flexibility index (Phi) is 6.97. The first-order valence-corrected chi connectivity index (χ1v) is 13.8. The second kappa shape index (κ2) is 10.6. The van der Waals surface area contributed by atoms with Crippen molar-refractivity contribution in [3.63, 3.8) is 0 Å². The van der Waals surface area contributed by atoms with E-state index in [1.54, 1.807) is 12.3 Å². The monoisotopic (exact) mass is 531 g/mol. The zero-order chi connectivity index (χ0) is 27.0. The van der Waals surface area contributed by atoms with Crippen LogP contribution in [0.25, 0.3) is 11.1 Å². The molecule has 1 unspecified atom stereocenters. The summed E-state index contributed by atoms with van der Waals surface area (Å²) < 4.78 is 20.7. The molecule has 0 radical (unpaired) electrons. The van der Waals surface area contributed by atoms with Gasteiger partial charge in [-0.05, 0) is 49.8 Å². The Morgan fingerprint density at radius 3 is 2.77 bits per heavy atom. The minimum absolute atomic E-state index is 0.193. The van der Waals surface area contributed by atoms with E-state index < -0.39 is 0 Å². The van der Waals surface area contributed by atoms with Crippen LogP contribution in [0.2, 0.25) is 0 Å². The van der Waals surface area contributed by atoms with E-state index in [1.807, 2.05) is 0 Å². The molecule has 3 aliphatic rings. The molecule has 39 heavy (non-hydrogen) atoms. The Hall–Kier alpha value is -3.53. The highest BCUT2D eigenvalue weighted by Crippen LogP contribution is 2.47. The molecule has 3 aromatic rings. The number of aldehydes is 1. The number of carbonyl (C=O) groups excluding carboxylic acids is 1. The van der Waals surface area contributed by atoms with Crippen molar-refractivity contribution >= 4 is 12.1 Å². The summed E-state index contributed by atoms with van der Waals surface area (Å²) in [5.41, 5.74) is 2.48. The number of likely N-dealkylation sites (tertiary alicyclic amines) is 1. The lowest BCUT2D eigenvalue weighted by Crippen LogP contribution is -2.61. The standard InChI is InChI=1S/C29H34FN7O2/c1-19(2)24(4-3-11-38)37-15-29(16-37)9-10-36(14-29)27-28(35-34-18-33-27)39-25-8-7-21(30)12-22(25)23-13-31-17-32-26(23)20-5-6-20/h7-8,11-13,17-20,24H,3-6,9-10,14-16H2,1-2H3. The number of hydrogen-bond acceptors (Lipinski definition) is 9. The average molecular weight is 532 g/mol. The first-order chi connectivity index (χ1) is 19.0. The molecule has 1 atom stereocenters. The topological polar surface area (TPSA) is 97.2 Å². The number of anilines is 1. The van der Waals surface area contributed by atoms with Crippen molar-refractivity contribution in [2.75, 3.05) is 31.1 Å². The molecule has 10 heteroatoms. The van der Waals surface area contributed by atoms with Crippen LogP contribution in [0.3, 0.4) is 0 Å². The second-order valence-electron chi connectivity index (χ2n) is 11.6. The molecule has 204 valence electrons. The van der Waals surface area contributed by atoms with Crippen molar-refractivity contribution in [3.05, 3.63) is 48.6 Å². The molecule has 1 saturated carbocycles. The van der Waals surface area contributed by atoms with Crippen LogP contribution in [0.1, 0.15) is 57.6 Å². The van der Waals surface area contributed by atoms with Gasteiger partial charge < -0.3 is 14.4 Å². The summed E-state index contributed by atoms with van der Waals surface area (Å²) in [4.78, 5) is 29.0. The van der Waals surface area contributed by atoms with Gasteiger partial charge in [-0.3, -0.25) is 4.90 Å². The van der Waals surface area contributed by atoms with E-state index in [1.165, 1.54) is 24.8 Å². The van der Waals surface area contributed by atoms with Crippen LogP contribution in [0.15, 0.2) is 37.1 Å². The summed E-state index contributed by atoms with van der Waals surface area (Å²) in [6, 6.07) is 4.89. The minimum atomic E-state index is -0.357. The molecular weight excluding hydrogens is 497 g/mol. The molecule has 9 nitrogen and oxygen atoms in total. The van der Waals surface area contributed by atoms with Crippen LogP contribution < -0.4 is 9.64 Å². The molecule has 0 amide bonds. The summed E-state index contributed by atoms with van der Waals surface area (Å²) in [5, 5.41) is 8.29. The molecule has 2 aromatic heterocycles. The molecule has 1 spiro atoms. The molecule has 0 N–H and O–H groups in total. The van der Waals surface area contributed by atoms with Crippen LogP contribution >= 0.6 is 0 Å². The third-order valence-corrected chi connectivity index (χ3v) is 8.35. The van der Waals surface area contributed by atoms with E-state index in [4.69, 9.17) is 4.74 Å². The molecule has 2 aliphatic heterocycles. The SMILES string of the molecule is CC(C)C(CCC=O)N1CC2(CCN(c3ncnnc3Oc3ccc(F)cc3-c3cncnc3C3CC3)C2)C1. The van der Waals surface area contributed by atoms with E-state index in [-0.39, 0.29) is 11.2 Å². The Morgan fingerprint density at radius 1 is 1.15 bits per heavy atom. The predicted octanol–water partition coefficient (Wildman–Crippen LogP) is 4.65. The lowest BCUT2D eigenvalue weighted by Gasteiger charge is -2.52. The Morgan fingerprint density at radius 2 is 2.00 bits per heavy atom. The molecule has 2 saturated heterocycles. The third-order valence-electron chi connectivity index (χ3n) is 8.35. The summed E-state index contributed by atoms with van der Waals surface area (Å²) in [6.45, 7) is 8.19. The summed E-state index contributed by atoms with van der Waals surface area (Å²) in [6.07, 6.45) is 10.4. The zero-order valence-corrected chi connectivity index (χ0v) is 22.5. The highest BCUT2D eigenvalue weighted by atomic mass is 19.1. The lowest BCUT2D eigenvalue weighted by molar-refractivity contribution is -0.108. The molecule has 0 bridgehead atoms. The van der Waals surface area contributed by atoms with Gasteiger partial charge in [-0.15, -0.1) is 10.2 Å². The van der Waals surface area contributed by atoms with E-state index >= 15 is 0 Å². The molecule has 1 aromatic carbocycles. The predicted molar refractivity (Wildman–Crippen MR) is 144 cm³/mol. The van der Waals surface area contributed by atoms with E-state index in [0.29, 0.717) is 47.3 Å². The van der Waals surface area contributed by atoms with Gasteiger partial charge in [-0.1, -0.05) is 13.8 Å². The van der Waals surface area contributed by atoms with E-state index in [0.717, 1.165) is 69.4 Å². The van der Waals surface area contributed by atoms with Gasteiger partial charge in [0.05, 0.1) is 5.69 Å². The maximum absolute atomic E-state index is 14.4. The number of nitrogens with zero attached hydrogens (tertiary/aromatic N) is 7. The highest BCUT2D eigenvalue weighted by molar-refractivity contribution is 5.73. The summed E-state index contributed by atoms with van der Waals surface area (Å²) >= 11 is 0. The second-order valence-corrected chi connectivity index (χ2v) is 11.6. The van der Waals surface area contributed by atoms with Crippen molar-refractivity contribution in [3.8, 4) is 22.8 Å². The van der Waals surface area contributed by atoms with Gasteiger partial charge >= 0.3 is 0 Å². The van der Waals surface area contributed by atoms with Gasteiger partial charge in [0.2, 0.25) is 0 Å². The Labute approximate surface area is 227 Å². The third kappa shape index (κ3) is 5.22. The van der Waals surface area contributed by atoms with Gasteiger partial charge in [0.25, 0.3) is 5.88 Å². The minimum Gasteiger partial charge on any atom is -0.434 e. The fourth-order valence-electron chi connectivity index (χ4n) is 6.28. The number of benzene rings is 1. The van der Waals surface area contributed by atoms with E-state index in [9.17, 15) is 9.18 Å². The zero-order valence-electron chi connectivity index (χ0n) is 22.5. The van der Waals surface area contributed by atoms with Crippen LogP contribution in [0.5, 0.6) is 11.6 Å². The first-order valence-electron chi connectivity index (χ1n) is 13.8. The molecule has 6 rings (SSSR count). The van der Waals surface area contributed by atoms with Crippen molar-refractivity contribution < 1.29 is 13.9 Å². The van der Waals surface area contributed by atoms with Gasteiger partial charge in [-0.2, -0.15) is 0 Å². The first kappa shape index (κ1) is 25.7. The van der Waals surface area contributed by atoms with E-state index in [2.05, 4.69) is 48.8 Å². The number of halogens is 1. The van der Waals surface area contributed by atoms with Crippen LogP contribution in [-0.2, 0) is 4.79 Å². The maximum atomic E-state index is 14.4. The van der Waals surface area contributed by atoms with Gasteiger partial charge in [-0.25, -0.2) is 19.3 Å². The fourth-order valence-corrected chi connectivity index (χ4v) is 6.28. The van der Waals surface area contributed by atoms with Crippen LogP contribution in [0.4, 0.5) is 10.2 Å². The van der Waals surface area contributed by atoms with Gasteiger partial charge in [0.15, 0.2) is 5.82 Å². The van der Waals surface area contributed by atoms with Gasteiger partial charge in [0.1, 0.15) is 30.5 Å². The van der Waals surface area contributed by atoms with Crippen molar-refractivity contribution in [2.24, 2.45) is 11.3 Å². The quantitative estimate of drug-likeness (QED) is 0.346. The molecule has 1 aliphatic carbocycles.